The van der Waals surface area contributed by atoms with Gasteiger partial charge >= 0.3 is 24.2 Å². The van der Waals surface area contributed by atoms with E-state index in [0.29, 0.717) is 11.1 Å². The number of ether oxygens (including phenoxy) is 2. The summed E-state index contributed by atoms with van der Waals surface area (Å²) >= 11 is 0. The molecule has 4 aromatic carbocycles. The Balaban J connectivity index is 1.64. The third-order valence-corrected chi connectivity index (χ3v) is 6.74. The molecule has 44 heavy (non-hydrogen) atoms. The zero-order chi connectivity index (χ0) is 31.7. The van der Waals surface area contributed by atoms with Crippen molar-refractivity contribution in [2.24, 2.45) is 0 Å². The molecule has 0 unspecified atom stereocenters. The van der Waals surface area contributed by atoms with E-state index in [9.17, 15) is 31.1 Å². The van der Waals surface area contributed by atoms with Gasteiger partial charge in [-0.25, -0.2) is 0 Å². The first-order valence-corrected chi connectivity index (χ1v) is 13.1. The normalized spacial score (nSPS) is 11.4. The van der Waals surface area contributed by atoms with Gasteiger partial charge in [-0.1, -0.05) is 91.0 Å². The smallest absolute Gasteiger partial charge is 0.344 e. The fourth-order valence-electron chi connectivity index (χ4n) is 4.40. The standard InChI is InChI=1S/C35H24F6O3/c1-35(26-13-19-29(20-14-26)43-33(40)31(36)37,27-15-21-30(22-16-27)44-34(41)32(38)39)25-11-7-24(8-12-25)10-18-28(42)17-9-23-5-3-2-4-6-23/h2-22H,1H3. The van der Waals surface area contributed by atoms with Crippen LogP contribution in [0.25, 0.3) is 12.2 Å². The van der Waals surface area contributed by atoms with Crippen LogP contribution in [0.5, 0.6) is 11.5 Å². The van der Waals surface area contributed by atoms with Gasteiger partial charge in [0.2, 0.25) is 0 Å². The summed E-state index contributed by atoms with van der Waals surface area (Å²) in [6, 6.07) is 24.1. The number of hydrogen-bond donors (Lipinski definition) is 0. The third-order valence-electron chi connectivity index (χ3n) is 6.74. The Bertz CT molecular complexity index is 1630. The first-order valence-electron chi connectivity index (χ1n) is 13.1. The molecule has 0 aliphatic rings. The number of allylic oxidation sites excluding steroid dienone is 2. The molecule has 0 heterocycles. The Morgan fingerprint density at radius 3 is 1.30 bits per heavy atom. The average molecular weight is 607 g/mol. The molecule has 0 saturated heterocycles. The summed E-state index contributed by atoms with van der Waals surface area (Å²) in [5, 5.41) is 0. The van der Waals surface area contributed by atoms with Gasteiger partial charge < -0.3 is 9.47 Å². The molecule has 0 aliphatic heterocycles. The van der Waals surface area contributed by atoms with Crippen LogP contribution in [-0.4, -0.2) is 5.78 Å². The lowest BCUT2D eigenvalue weighted by atomic mass is 9.71. The summed E-state index contributed by atoms with van der Waals surface area (Å²) in [7, 11) is 0. The van der Waals surface area contributed by atoms with Crippen molar-refractivity contribution in [1.29, 1.82) is 0 Å². The minimum Gasteiger partial charge on any atom is -0.428 e. The van der Waals surface area contributed by atoms with Crippen LogP contribution in [0.4, 0.5) is 26.3 Å². The van der Waals surface area contributed by atoms with Gasteiger partial charge in [-0.3, -0.25) is 4.79 Å². The molecule has 0 fully saturated rings. The lowest BCUT2D eigenvalue weighted by Crippen LogP contribution is -2.25. The Kier molecular flexibility index (Phi) is 10.2. The number of halogens is 6. The molecule has 0 bridgehead atoms. The Morgan fingerprint density at radius 1 is 0.545 bits per heavy atom. The van der Waals surface area contributed by atoms with Crippen molar-refractivity contribution in [3.8, 4) is 11.5 Å². The van der Waals surface area contributed by atoms with Gasteiger partial charge in [0.25, 0.3) is 0 Å². The number of hydrogen-bond acceptors (Lipinski definition) is 3. The van der Waals surface area contributed by atoms with Crippen LogP contribution in [0.3, 0.4) is 0 Å². The van der Waals surface area contributed by atoms with Gasteiger partial charge in [0.05, 0.1) is 0 Å². The molecule has 9 heteroatoms. The lowest BCUT2D eigenvalue weighted by molar-refractivity contribution is -0.110. The molecule has 224 valence electrons. The van der Waals surface area contributed by atoms with Crippen LogP contribution in [0.2, 0.25) is 0 Å². The topological polar surface area (TPSA) is 35.5 Å². The Hall–Kier alpha value is -5.31. The molecule has 3 nitrogen and oxygen atoms in total. The highest BCUT2D eigenvalue weighted by atomic mass is 19.3. The van der Waals surface area contributed by atoms with E-state index in [1.807, 2.05) is 49.4 Å². The molecule has 4 aromatic rings. The van der Waals surface area contributed by atoms with E-state index in [4.69, 9.17) is 0 Å². The van der Waals surface area contributed by atoms with Crippen molar-refractivity contribution in [3.63, 3.8) is 0 Å². The largest absolute Gasteiger partial charge is 0.428 e. The van der Waals surface area contributed by atoms with Crippen molar-refractivity contribution >= 4 is 17.9 Å². The summed E-state index contributed by atoms with van der Waals surface area (Å²) < 4.78 is 85.7. The number of ketones is 1. The summed E-state index contributed by atoms with van der Waals surface area (Å²) in [5.74, 6) is -0.524. The molecule has 0 aromatic heterocycles. The molecular formula is C35H24F6O3. The van der Waals surface area contributed by atoms with E-state index in [1.54, 1.807) is 48.6 Å². The highest BCUT2D eigenvalue weighted by Gasteiger charge is 2.31. The number of carbonyl (C=O) groups excluding carboxylic acids is 1. The van der Waals surface area contributed by atoms with Gasteiger partial charge in [0, 0.05) is 5.41 Å². The molecular weight excluding hydrogens is 582 g/mol. The predicted molar refractivity (Wildman–Crippen MR) is 156 cm³/mol. The van der Waals surface area contributed by atoms with E-state index in [1.165, 1.54) is 36.4 Å². The highest BCUT2D eigenvalue weighted by Crippen LogP contribution is 2.40. The summed E-state index contributed by atoms with van der Waals surface area (Å²) in [4.78, 5) is 12.3. The Labute approximate surface area is 249 Å². The second-order valence-electron chi connectivity index (χ2n) is 9.55. The van der Waals surface area contributed by atoms with E-state index in [2.05, 4.69) is 9.47 Å². The molecule has 0 N–H and O–H groups in total. The third kappa shape index (κ3) is 7.95. The SMILES string of the molecule is CC(c1ccc(C=CC(=O)C=Cc2ccccc2)cc1)(c1ccc(OC(F)=C(F)F)cc1)c1ccc(OC(F)=C(F)F)cc1. The van der Waals surface area contributed by atoms with Crippen molar-refractivity contribution in [2.45, 2.75) is 12.3 Å². The fourth-order valence-corrected chi connectivity index (χ4v) is 4.40. The monoisotopic (exact) mass is 606 g/mol. The van der Waals surface area contributed by atoms with Crippen LogP contribution in [-0.2, 0) is 10.2 Å². The maximum absolute atomic E-state index is 13.3. The average Bonchev–Trinajstić information content (AvgIpc) is 3.03. The summed E-state index contributed by atoms with van der Waals surface area (Å²) in [6.45, 7) is 1.85. The van der Waals surface area contributed by atoms with Crippen LogP contribution >= 0.6 is 0 Å². The van der Waals surface area contributed by atoms with Crippen molar-refractivity contribution < 1.29 is 40.6 Å². The van der Waals surface area contributed by atoms with Crippen molar-refractivity contribution in [2.75, 3.05) is 0 Å². The van der Waals surface area contributed by atoms with Gasteiger partial charge in [0.1, 0.15) is 11.5 Å². The van der Waals surface area contributed by atoms with Gasteiger partial charge in [-0.15, -0.1) is 0 Å². The Morgan fingerprint density at radius 2 is 0.909 bits per heavy atom. The first kappa shape index (κ1) is 31.6. The molecule has 0 atom stereocenters. The maximum Gasteiger partial charge on any atom is 0.344 e. The van der Waals surface area contributed by atoms with Crippen LogP contribution in [0.15, 0.2) is 139 Å². The fraction of sp³-hybridized carbons (Fsp3) is 0.0571. The molecule has 0 radical (unpaired) electrons. The zero-order valence-corrected chi connectivity index (χ0v) is 23.1. The number of rotatable bonds is 11. The molecule has 4 rings (SSSR count). The maximum atomic E-state index is 13.3. The van der Waals surface area contributed by atoms with Gasteiger partial charge in [-0.05, 0) is 71.2 Å². The second kappa shape index (κ2) is 14.2. The van der Waals surface area contributed by atoms with Crippen molar-refractivity contribution in [1.82, 2.24) is 0 Å². The summed E-state index contributed by atoms with van der Waals surface area (Å²) in [5.41, 5.74) is 2.70. The molecule has 0 amide bonds. The minimum atomic E-state index is -2.59. The van der Waals surface area contributed by atoms with E-state index < -0.39 is 29.6 Å². The highest BCUT2D eigenvalue weighted by molar-refractivity contribution is 6.04. The number of carbonyl (C=O) groups is 1. The zero-order valence-electron chi connectivity index (χ0n) is 23.1. The van der Waals surface area contributed by atoms with E-state index in [-0.39, 0.29) is 17.3 Å². The minimum absolute atomic E-state index is 0.160. The van der Waals surface area contributed by atoms with Crippen LogP contribution < -0.4 is 9.47 Å². The second-order valence-corrected chi connectivity index (χ2v) is 9.55. The van der Waals surface area contributed by atoms with Gasteiger partial charge in [-0.2, -0.15) is 26.3 Å². The molecule has 0 spiro atoms. The van der Waals surface area contributed by atoms with E-state index >= 15 is 0 Å². The van der Waals surface area contributed by atoms with Crippen LogP contribution in [0.1, 0.15) is 34.7 Å². The molecule has 0 aliphatic carbocycles. The van der Waals surface area contributed by atoms with E-state index in [0.717, 1.165) is 16.7 Å². The predicted octanol–water partition coefficient (Wildman–Crippen LogP) is 10.2. The quantitative estimate of drug-likeness (QED) is 0.0738. The van der Waals surface area contributed by atoms with Gasteiger partial charge in [0.15, 0.2) is 5.78 Å². The molecule has 0 saturated carbocycles. The first-order chi connectivity index (χ1) is 21.1. The number of benzene rings is 4. The van der Waals surface area contributed by atoms with Crippen LogP contribution in [0, 0.1) is 0 Å². The lowest BCUT2D eigenvalue weighted by Gasteiger charge is -2.32. The summed E-state index contributed by atoms with van der Waals surface area (Å²) in [6.07, 6.45) is 1.09. The van der Waals surface area contributed by atoms with Crippen molar-refractivity contribution in [3.05, 3.63) is 167 Å².